The first-order chi connectivity index (χ1) is 9.42. The van der Waals surface area contributed by atoms with Crippen molar-refractivity contribution in [3.63, 3.8) is 0 Å². The van der Waals surface area contributed by atoms with Crippen molar-refractivity contribution in [1.82, 2.24) is 0 Å². The molecule has 20 heavy (non-hydrogen) atoms. The van der Waals surface area contributed by atoms with E-state index >= 15 is 0 Å². The van der Waals surface area contributed by atoms with Crippen LogP contribution in [0.15, 0.2) is 47.4 Å². The van der Waals surface area contributed by atoms with Crippen LogP contribution in [0.3, 0.4) is 0 Å². The lowest BCUT2D eigenvalue weighted by Crippen LogP contribution is -2.13. The summed E-state index contributed by atoms with van der Waals surface area (Å²) in [6, 6.07) is 10.4. The molecule has 0 aromatic heterocycles. The van der Waals surface area contributed by atoms with Crippen LogP contribution in [0, 0.1) is 9.39 Å². The number of rotatable bonds is 4. The van der Waals surface area contributed by atoms with E-state index in [-0.39, 0.29) is 10.6 Å². The van der Waals surface area contributed by atoms with Gasteiger partial charge in [-0.15, -0.1) is 0 Å². The summed E-state index contributed by atoms with van der Waals surface area (Å²) in [6.45, 7) is 0. The van der Waals surface area contributed by atoms with Gasteiger partial charge in [0.15, 0.2) is 11.6 Å². The molecular formula is C13H11FINO3S. The Kier molecular flexibility index (Phi) is 4.48. The summed E-state index contributed by atoms with van der Waals surface area (Å²) in [4.78, 5) is -0.158. The molecule has 0 unspecified atom stereocenters. The Morgan fingerprint density at radius 3 is 2.55 bits per heavy atom. The van der Waals surface area contributed by atoms with Crippen molar-refractivity contribution in [3.8, 4) is 5.75 Å². The van der Waals surface area contributed by atoms with Gasteiger partial charge in [0, 0.05) is 9.26 Å². The zero-order valence-electron chi connectivity index (χ0n) is 10.4. The number of benzene rings is 2. The Morgan fingerprint density at radius 2 is 1.95 bits per heavy atom. The van der Waals surface area contributed by atoms with Gasteiger partial charge >= 0.3 is 0 Å². The van der Waals surface area contributed by atoms with Gasteiger partial charge in [-0.1, -0.05) is 6.07 Å². The van der Waals surface area contributed by atoms with Crippen LogP contribution in [0.2, 0.25) is 0 Å². The third-order valence-electron chi connectivity index (χ3n) is 2.51. The average Bonchev–Trinajstić information content (AvgIpc) is 2.38. The number of hydrogen-bond acceptors (Lipinski definition) is 3. The summed E-state index contributed by atoms with van der Waals surface area (Å²) in [5.74, 6) is -0.726. The molecule has 7 heteroatoms. The maximum atomic E-state index is 13.6. The van der Waals surface area contributed by atoms with E-state index in [1.807, 2.05) is 6.07 Å². The molecule has 4 nitrogen and oxygen atoms in total. The zero-order chi connectivity index (χ0) is 14.8. The number of ether oxygens (including phenoxy) is 1. The van der Waals surface area contributed by atoms with Gasteiger partial charge < -0.3 is 4.74 Å². The molecule has 0 radical (unpaired) electrons. The lowest BCUT2D eigenvalue weighted by Gasteiger charge is -2.09. The quantitative estimate of drug-likeness (QED) is 0.792. The minimum Gasteiger partial charge on any atom is -0.494 e. The first-order valence-electron chi connectivity index (χ1n) is 5.54. The van der Waals surface area contributed by atoms with Gasteiger partial charge in [-0.25, -0.2) is 12.8 Å². The van der Waals surface area contributed by atoms with Crippen LogP contribution in [0.4, 0.5) is 10.1 Å². The molecule has 2 aromatic rings. The first-order valence-corrected chi connectivity index (χ1v) is 8.10. The fraction of sp³-hybridized carbons (Fsp3) is 0.0769. The van der Waals surface area contributed by atoms with E-state index in [4.69, 9.17) is 4.74 Å². The molecule has 0 amide bonds. The molecule has 106 valence electrons. The Hall–Kier alpha value is -1.35. The third-order valence-corrected chi connectivity index (χ3v) is 4.56. The predicted molar refractivity (Wildman–Crippen MR) is 82.9 cm³/mol. The van der Waals surface area contributed by atoms with E-state index in [0.29, 0.717) is 5.69 Å². The van der Waals surface area contributed by atoms with Crippen molar-refractivity contribution in [2.45, 2.75) is 4.90 Å². The monoisotopic (exact) mass is 407 g/mol. The number of halogens is 2. The standard InChI is InChI=1S/C13H11FINO3S/c1-19-13-6-5-11(8-12(13)14)20(17,18)16-10-4-2-3-9(15)7-10/h2-8,16H,1H3. The Morgan fingerprint density at radius 1 is 1.20 bits per heavy atom. The van der Waals surface area contributed by atoms with E-state index in [9.17, 15) is 12.8 Å². The molecule has 2 rings (SSSR count). The molecule has 0 atom stereocenters. The number of nitrogens with one attached hydrogen (secondary N) is 1. The normalized spacial score (nSPS) is 11.2. The number of methoxy groups -OCH3 is 1. The highest BCUT2D eigenvalue weighted by Gasteiger charge is 2.16. The highest BCUT2D eigenvalue weighted by molar-refractivity contribution is 14.1. The van der Waals surface area contributed by atoms with Crippen LogP contribution in [-0.2, 0) is 10.0 Å². The molecule has 1 N–H and O–H groups in total. The van der Waals surface area contributed by atoms with Crippen LogP contribution in [0.1, 0.15) is 0 Å². The van der Waals surface area contributed by atoms with Gasteiger partial charge in [-0.2, -0.15) is 0 Å². The van der Waals surface area contributed by atoms with Crippen molar-refractivity contribution in [2.75, 3.05) is 11.8 Å². The molecule has 0 aliphatic carbocycles. The van der Waals surface area contributed by atoms with E-state index in [1.54, 1.807) is 18.2 Å². The van der Waals surface area contributed by atoms with Crippen molar-refractivity contribution in [2.24, 2.45) is 0 Å². The molecule has 0 bridgehead atoms. The number of hydrogen-bond donors (Lipinski definition) is 1. The van der Waals surface area contributed by atoms with Crippen molar-refractivity contribution in [1.29, 1.82) is 0 Å². The molecule has 0 aliphatic heterocycles. The van der Waals surface area contributed by atoms with E-state index in [1.165, 1.54) is 19.2 Å². The summed E-state index contributed by atoms with van der Waals surface area (Å²) in [6.07, 6.45) is 0. The van der Waals surface area contributed by atoms with Gasteiger partial charge in [0.25, 0.3) is 10.0 Å². The van der Waals surface area contributed by atoms with Gasteiger partial charge in [0.1, 0.15) is 0 Å². The fourth-order valence-electron chi connectivity index (χ4n) is 1.58. The topological polar surface area (TPSA) is 55.4 Å². The molecule has 0 heterocycles. The summed E-state index contributed by atoms with van der Waals surface area (Å²) >= 11 is 2.07. The third kappa shape index (κ3) is 3.40. The Bertz CT molecular complexity index is 734. The lowest BCUT2D eigenvalue weighted by molar-refractivity contribution is 0.385. The van der Waals surface area contributed by atoms with Crippen LogP contribution in [0.5, 0.6) is 5.75 Å². The molecule has 0 aliphatic rings. The zero-order valence-corrected chi connectivity index (χ0v) is 13.4. The second-order valence-electron chi connectivity index (χ2n) is 3.91. The van der Waals surface area contributed by atoms with Gasteiger partial charge in [0.05, 0.1) is 12.0 Å². The molecule has 0 saturated heterocycles. The molecule has 0 saturated carbocycles. The van der Waals surface area contributed by atoms with Crippen molar-refractivity contribution in [3.05, 3.63) is 51.9 Å². The second-order valence-corrected chi connectivity index (χ2v) is 6.84. The summed E-state index contributed by atoms with van der Waals surface area (Å²) < 4.78 is 45.9. The lowest BCUT2D eigenvalue weighted by atomic mass is 10.3. The van der Waals surface area contributed by atoms with Gasteiger partial charge in [-0.3, -0.25) is 4.72 Å². The highest BCUT2D eigenvalue weighted by Crippen LogP contribution is 2.23. The Labute approximate surface area is 130 Å². The highest BCUT2D eigenvalue weighted by atomic mass is 127. The Balaban J connectivity index is 2.33. The van der Waals surface area contributed by atoms with Gasteiger partial charge in [-0.05, 0) is 59.0 Å². The van der Waals surface area contributed by atoms with E-state index in [0.717, 1.165) is 9.64 Å². The second kappa shape index (κ2) is 5.96. The maximum Gasteiger partial charge on any atom is 0.262 e. The molecule has 2 aromatic carbocycles. The van der Waals surface area contributed by atoms with Crippen LogP contribution in [0.25, 0.3) is 0 Å². The minimum atomic E-state index is -3.83. The molecular weight excluding hydrogens is 396 g/mol. The smallest absolute Gasteiger partial charge is 0.262 e. The fourth-order valence-corrected chi connectivity index (χ4v) is 3.18. The maximum absolute atomic E-state index is 13.6. The summed E-state index contributed by atoms with van der Waals surface area (Å²) in [5, 5.41) is 0. The van der Waals surface area contributed by atoms with Crippen LogP contribution in [-0.4, -0.2) is 15.5 Å². The summed E-state index contributed by atoms with van der Waals surface area (Å²) in [5.41, 5.74) is 0.424. The van der Waals surface area contributed by atoms with E-state index < -0.39 is 15.8 Å². The van der Waals surface area contributed by atoms with Gasteiger partial charge in [0.2, 0.25) is 0 Å². The number of anilines is 1. The molecule has 0 spiro atoms. The van der Waals surface area contributed by atoms with Crippen molar-refractivity contribution >= 4 is 38.3 Å². The van der Waals surface area contributed by atoms with E-state index in [2.05, 4.69) is 27.3 Å². The minimum absolute atomic E-state index is 0.00166. The first kappa shape index (κ1) is 15.0. The average molecular weight is 407 g/mol. The predicted octanol–water partition coefficient (Wildman–Crippen LogP) is 3.24. The summed E-state index contributed by atoms with van der Waals surface area (Å²) in [7, 11) is -2.51. The molecule has 0 fully saturated rings. The largest absolute Gasteiger partial charge is 0.494 e. The SMILES string of the molecule is COc1ccc(S(=O)(=O)Nc2cccc(I)c2)cc1F. The van der Waals surface area contributed by atoms with Crippen LogP contribution >= 0.6 is 22.6 Å². The van der Waals surface area contributed by atoms with Crippen LogP contribution < -0.4 is 9.46 Å². The van der Waals surface area contributed by atoms with Crippen molar-refractivity contribution < 1.29 is 17.5 Å². The number of sulfonamides is 1.